The van der Waals surface area contributed by atoms with E-state index in [1.165, 1.54) is 12.1 Å². The van der Waals surface area contributed by atoms with E-state index in [1.807, 2.05) is 24.3 Å². The number of ether oxygens (including phenoxy) is 1. The third kappa shape index (κ3) is 4.94. The largest absolute Gasteiger partial charge is 0.377 e. The maximum atomic E-state index is 13.3. The summed E-state index contributed by atoms with van der Waals surface area (Å²) in [7, 11) is 0. The molecule has 0 saturated carbocycles. The lowest BCUT2D eigenvalue weighted by atomic mass is 9.91. The summed E-state index contributed by atoms with van der Waals surface area (Å²) in [4.78, 5) is 13.8. The van der Waals surface area contributed by atoms with Gasteiger partial charge in [-0.15, -0.1) is 0 Å². The van der Waals surface area contributed by atoms with Gasteiger partial charge in [-0.25, -0.2) is 4.39 Å². The summed E-state index contributed by atoms with van der Waals surface area (Å²) in [6.45, 7) is 5.91. The molecule has 1 fully saturated rings. The Morgan fingerprint density at radius 1 is 1.20 bits per heavy atom. The van der Waals surface area contributed by atoms with Crippen LogP contribution in [0.15, 0.2) is 47.0 Å². The van der Waals surface area contributed by atoms with Gasteiger partial charge in [0.2, 0.25) is 0 Å². The number of nitrogens with zero attached hydrogens (tertiary/aromatic N) is 2. The molecule has 0 aliphatic carbocycles. The quantitative estimate of drug-likeness (QED) is 0.388. The van der Waals surface area contributed by atoms with Crippen LogP contribution in [-0.4, -0.2) is 42.1 Å². The van der Waals surface area contributed by atoms with Crippen molar-refractivity contribution in [2.24, 2.45) is 0 Å². The number of ketones is 1. The van der Waals surface area contributed by atoms with Crippen molar-refractivity contribution in [1.82, 2.24) is 10.1 Å². The Morgan fingerprint density at radius 2 is 1.97 bits per heavy atom. The van der Waals surface area contributed by atoms with Crippen LogP contribution in [0.4, 0.5) is 4.39 Å². The van der Waals surface area contributed by atoms with Crippen LogP contribution in [0.1, 0.15) is 53.7 Å². The Morgan fingerprint density at radius 3 is 2.70 bits per heavy atom. The average molecular weight is 410 g/mol. The van der Waals surface area contributed by atoms with E-state index >= 15 is 0 Å². The van der Waals surface area contributed by atoms with Crippen molar-refractivity contribution in [3.8, 4) is 0 Å². The third-order valence-corrected chi connectivity index (χ3v) is 5.83. The minimum atomic E-state index is -0.296. The zero-order valence-electron chi connectivity index (χ0n) is 17.3. The van der Waals surface area contributed by atoms with Crippen LogP contribution in [-0.2, 0) is 11.3 Å². The highest BCUT2D eigenvalue weighted by molar-refractivity contribution is 5.94. The van der Waals surface area contributed by atoms with Crippen molar-refractivity contribution in [3.05, 3.63) is 65.1 Å². The van der Waals surface area contributed by atoms with E-state index in [1.54, 1.807) is 13.0 Å². The summed E-state index contributed by atoms with van der Waals surface area (Å²) in [6.07, 6.45) is 3.05. The number of carbonyl (C=O) groups excluding carboxylic acids is 1. The zero-order chi connectivity index (χ0) is 20.9. The fourth-order valence-corrected chi connectivity index (χ4v) is 4.07. The first-order chi connectivity index (χ1) is 14.6. The second-order valence-corrected chi connectivity index (χ2v) is 7.98. The van der Waals surface area contributed by atoms with E-state index < -0.39 is 0 Å². The van der Waals surface area contributed by atoms with Crippen molar-refractivity contribution in [3.63, 3.8) is 0 Å². The number of halogens is 1. The van der Waals surface area contributed by atoms with Gasteiger partial charge in [0.25, 0.3) is 0 Å². The fraction of sp³-hybridized carbons (Fsp3) is 0.417. The first-order valence-corrected chi connectivity index (χ1v) is 10.5. The molecule has 0 radical (unpaired) electrons. The number of likely N-dealkylation sites (tertiary alicyclic amines) is 1. The standard InChI is InChI=1S/C24H27FN2O3/c1-17(28)19-5-3-18(4-6-19)16-29-14-2-11-27-12-9-20(10-13-27)24-22-8-7-21(25)15-23(22)30-26-24/h3-8,15,20H,2,9-14,16H2,1H3. The summed E-state index contributed by atoms with van der Waals surface area (Å²) in [5, 5.41) is 5.15. The van der Waals surface area contributed by atoms with Gasteiger partial charge < -0.3 is 14.2 Å². The molecule has 1 aliphatic heterocycles. The molecule has 158 valence electrons. The van der Waals surface area contributed by atoms with E-state index in [4.69, 9.17) is 9.26 Å². The minimum absolute atomic E-state index is 0.0804. The highest BCUT2D eigenvalue weighted by atomic mass is 19.1. The maximum Gasteiger partial charge on any atom is 0.170 e. The first-order valence-electron chi connectivity index (χ1n) is 10.5. The van der Waals surface area contributed by atoms with Crippen molar-refractivity contribution >= 4 is 16.8 Å². The van der Waals surface area contributed by atoms with Gasteiger partial charge in [0.1, 0.15) is 5.82 Å². The van der Waals surface area contributed by atoms with Crippen LogP contribution < -0.4 is 0 Å². The third-order valence-electron chi connectivity index (χ3n) is 5.83. The van der Waals surface area contributed by atoms with Gasteiger partial charge >= 0.3 is 0 Å². The number of carbonyl (C=O) groups is 1. The lowest BCUT2D eigenvalue weighted by Crippen LogP contribution is -2.34. The number of fused-ring (bicyclic) bond motifs is 1. The molecule has 1 aliphatic rings. The molecule has 0 spiro atoms. The highest BCUT2D eigenvalue weighted by Gasteiger charge is 2.24. The normalized spacial score (nSPS) is 15.7. The van der Waals surface area contributed by atoms with E-state index in [0.717, 1.165) is 61.1 Å². The first kappa shape index (κ1) is 20.7. The van der Waals surface area contributed by atoms with E-state index in [9.17, 15) is 9.18 Å². The SMILES string of the molecule is CC(=O)c1ccc(COCCCN2CCC(c3noc4cc(F)ccc34)CC2)cc1. The molecule has 30 heavy (non-hydrogen) atoms. The topological polar surface area (TPSA) is 55.6 Å². The van der Waals surface area contributed by atoms with Gasteiger partial charge in [0, 0.05) is 36.1 Å². The van der Waals surface area contributed by atoms with Crippen LogP contribution in [0.3, 0.4) is 0 Å². The fourth-order valence-electron chi connectivity index (χ4n) is 4.07. The number of piperidine rings is 1. The lowest BCUT2D eigenvalue weighted by molar-refractivity contribution is 0.101. The van der Waals surface area contributed by atoms with E-state index in [0.29, 0.717) is 24.7 Å². The Hall–Kier alpha value is -2.57. The highest BCUT2D eigenvalue weighted by Crippen LogP contribution is 2.32. The Labute approximate surface area is 175 Å². The molecule has 0 bridgehead atoms. The molecular weight excluding hydrogens is 383 g/mol. The predicted octanol–water partition coefficient (Wildman–Crippen LogP) is 4.96. The predicted molar refractivity (Wildman–Crippen MR) is 113 cm³/mol. The van der Waals surface area contributed by atoms with Gasteiger partial charge in [0.05, 0.1) is 12.3 Å². The smallest absolute Gasteiger partial charge is 0.170 e. The number of hydrogen-bond acceptors (Lipinski definition) is 5. The van der Waals surface area contributed by atoms with Gasteiger partial charge in [-0.05, 0) is 57.0 Å². The molecule has 0 amide bonds. The summed E-state index contributed by atoms with van der Waals surface area (Å²) in [5.74, 6) is 0.148. The molecule has 2 aromatic carbocycles. The number of benzene rings is 2. The molecule has 1 saturated heterocycles. The molecule has 4 rings (SSSR count). The second-order valence-electron chi connectivity index (χ2n) is 7.98. The molecule has 0 atom stereocenters. The second kappa shape index (κ2) is 9.49. The molecule has 2 heterocycles. The zero-order valence-corrected chi connectivity index (χ0v) is 17.3. The molecule has 1 aromatic heterocycles. The molecule has 0 unspecified atom stereocenters. The maximum absolute atomic E-state index is 13.3. The number of aromatic nitrogens is 1. The van der Waals surface area contributed by atoms with Crippen molar-refractivity contribution in [2.75, 3.05) is 26.2 Å². The Bertz CT molecular complexity index is 991. The van der Waals surface area contributed by atoms with E-state index in [2.05, 4.69) is 10.1 Å². The molecule has 3 aromatic rings. The monoisotopic (exact) mass is 410 g/mol. The Kier molecular flexibility index (Phi) is 6.55. The van der Waals surface area contributed by atoms with Gasteiger partial charge in [-0.3, -0.25) is 4.79 Å². The van der Waals surface area contributed by atoms with Gasteiger partial charge in [-0.2, -0.15) is 0 Å². The number of hydrogen-bond donors (Lipinski definition) is 0. The molecule has 6 heteroatoms. The Balaban J connectivity index is 1.17. The summed E-state index contributed by atoms with van der Waals surface area (Å²) < 4.78 is 24.4. The summed E-state index contributed by atoms with van der Waals surface area (Å²) >= 11 is 0. The van der Waals surface area contributed by atoms with Crippen molar-refractivity contribution in [1.29, 1.82) is 0 Å². The average Bonchev–Trinajstić information content (AvgIpc) is 3.17. The van der Waals surface area contributed by atoms with Crippen LogP contribution in [0.25, 0.3) is 11.0 Å². The van der Waals surface area contributed by atoms with Crippen LogP contribution in [0.5, 0.6) is 0 Å². The van der Waals surface area contributed by atoms with Crippen molar-refractivity contribution < 1.29 is 18.4 Å². The van der Waals surface area contributed by atoms with Crippen molar-refractivity contribution in [2.45, 2.75) is 38.7 Å². The molecular formula is C24H27FN2O3. The molecule has 5 nitrogen and oxygen atoms in total. The summed E-state index contributed by atoms with van der Waals surface area (Å²) in [5.41, 5.74) is 3.30. The lowest BCUT2D eigenvalue weighted by Gasteiger charge is -2.31. The number of rotatable bonds is 8. The number of Topliss-reactive ketones (excluding diaryl/α,β-unsaturated/α-hetero) is 1. The minimum Gasteiger partial charge on any atom is -0.377 e. The summed E-state index contributed by atoms with van der Waals surface area (Å²) in [6, 6.07) is 12.2. The molecule has 0 N–H and O–H groups in total. The van der Waals surface area contributed by atoms with Crippen LogP contribution >= 0.6 is 0 Å². The van der Waals surface area contributed by atoms with Gasteiger partial charge in [0.15, 0.2) is 11.4 Å². The van der Waals surface area contributed by atoms with Gasteiger partial charge in [-0.1, -0.05) is 29.4 Å². The van der Waals surface area contributed by atoms with Crippen LogP contribution in [0, 0.1) is 5.82 Å². The van der Waals surface area contributed by atoms with Crippen LogP contribution in [0.2, 0.25) is 0 Å². The van der Waals surface area contributed by atoms with E-state index in [-0.39, 0.29) is 11.6 Å².